The Hall–Kier alpha value is -1.75. The van der Waals surface area contributed by atoms with Gasteiger partial charge in [0.15, 0.2) is 11.6 Å². The first-order chi connectivity index (χ1) is 8.63. The van der Waals surface area contributed by atoms with Crippen LogP contribution in [0.3, 0.4) is 0 Å². The zero-order chi connectivity index (χ0) is 12.7. The third-order valence-corrected chi connectivity index (χ3v) is 3.39. The number of nitrogens with zero attached hydrogens (tertiary/aromatic N) is 1. The highest BCUT2D eigenvalue weighted by Gasteiger charge is 2.29. The van der Waals surface area contributed by atoms with Crippen molar-refractivity contribution in [3.63, 3.8) is 0 Å². The second-order valence-electron chi connectivity index (χ2n) is 4.74. The molecule has 1 heterocycles. The number of aromatic nitrogens is 2. The zero-order valence-corrected chi connectivity index (χ0v) is 9.66. The zero-order valence-electron chi connectivity index (χ0n) is 9.66. The highest BCUT2D eigenvalue weighted by atomic mass is 19.2. The van der Waals surface area contributed by atoms with Crippen LogP contribution >= 0.6 is 0 Å². The van der Waals surface area contributed by atoms with Crippen LogP contribution in [0.5, 0.6) is 0 Å². The number of rotatable bonds is 2. The van der Waals surface area contributed by atoms with Crippen LogP contribution in [0.15, 0.2) is 24.4 Å². The van der Waals surface area contributed by atoms with Crippen molar-refractivity contribution in [3.8, 4) is 11.3 Å². The van der Waals surface area contributed by atoms with Gasteiger partial charge in [0.05, 0.1) is 11.9 Å². The minimum absolute atomic E-state index is 0.256. The molecule has 1 fully saturated rings. The Morgan fingerprint density at radius 3 is 2.67 bits per heavy atom. The van der Waals surface area contributed by atoms with Gasteiger partial charge in [-0.25, -0.2) is 13.8 Å². The normalized spacial score (nSPS) is 22.8. The molecule has 0 spiro atoms. The first kappa shape index (κ1) is 11.3. The lowest BCUT2D eigenvalue weighted by Gasteiger charge is -2.30. The summed E-state index contributed by atoms with van der Waals surface area (Å²) in [5.74, 6) is -0.465. The van der Waals surface area contributed by atoms with Crippen LogP contribution in [-0.2, 0) is 0 Å². The smallest absolute Gasteiger partial charge is 0.159 e. The molecule has 3 rings (SSSR count). The van der Waals surface area contributed by atoms with Crippen LogP contribution < -0.4 is 5.73 Å². The van der Waals surface area contributed by atoms with Gasteiger partial charge in [0.1, 0.15) is 5.82 Å². The van der Waals surface area contributed by atoms with Crippen LogP contribution in [0.2, 0.25) is 0 Å². The fourth-order valence-corrected chi connectivity index (χ4v) is 2.24. The van der Waals surface area contributed by atoms with E-state index in [0.29, 0.717) is 17.2 Å². The largest absolute Gasteiger partial charge is 0.342 e. The molecule has 1 aliphatic carbocycles. The van der Waals surface area contributed by atoms with E-state index >= 15 is 0 Å². The summed E-state index contributed by atoms with van der Waals surface area (Å²) >= 11 is 0. The molecular formula is C13H13F2N3. The highest BCUT2D eigenvalue weighted by Crippen LogP contribution is 2.34. The predicted molar refractivity (Wildman–Crippen MR) is 63.9 cm³/mol. The monoisotopic (exact) mass is 249 g/mol. The van der Waals surface area contributed by atoms with Crippen molar-refractivity contribution >= 4 is 0 Å². The lowest BCUT2D eigenvalue weighted by molar-refractivity contribution is 0.340. The number of H-pyrrole nitrogens is 1. The highest BCUT2D eigenvalue weighted by molar-refractivity contribution is 5.58. The Balaban J connectivity index is 1.86. The molecule has 0 radical (unpaired) electrons. The Bertz CT molecular complexity index is 573. The molecule has 0 saturated heterocycles. The molecule has 2 aromatic rings. The minimum Gasteiger partial charge on any atom is -0.342 e. The third-order valence-electron chi connectivity index (χ3n) is 3.39. The Morgan fingerprint density at radius 1 is 1.22 bits per heavy atom. The maximum Gasteiger partial charge on any atom is 0.159 e. The van der Waals surface area contributed by atoms with Gasteiger partial charge in [0.2, 0.25) is 0 Å². The number of halogens is 2. The Morgan fingerprint density at radius 2 is 2.00 bits per heavy atom. The van der Waals surface area contributed by atoms with E-state index in [4.69, 9.17) is 5.73 Å². The van der Waals surface area contributed by atoms with Gasteiger partial charge in [-0.05, 0) is 31.0 Å². The summed E-state index contributed by atoms with van der Waals surface area (Å²) in [6.07, 6.45) is 3.49. The Kier molecular flexibility index (Phi) is 2.63. The minimum atomic E-state index is -0.852. The van der Waals surface area contributed by atoms with E-state index in [1.165, 1.54) is 12.1 Å². The van der Waals surface area contributed by atoms with E-state index in [1.54, 1.807) is 6.20 Å². The van der Waals surface area contributed by atoms with Crippen molar-refractivity contribution in [2.24, 2.45) is 5.73 Å². The quantitative estimate of drug-likeness (QED) is 0.859. The molecule has 1 aliphatic rings. The molecule has 94 valence electrons. The van der Waals surface area contributed by atoms with Crippen molar-refractivity contribution in [1.29, 1.82) is 0 Å². The van der Waals surface area contributed by atoms with E-state index in [0.717, 1.165) is 24.7 Å². The average molecular weight is 249 g/mol. The first-order valence-corrected chi connectivity index (χ1v) is 5.89. The molecule has 3 N–H and O–H groups in total. The van der Waals surface area contributed by atoms with Crippen LogP contribution in [-0.4, -0.2) is 16.0 Å². The van der Waals surface area contributed by atoms with Gasteiger partial charge < -0.3 is 10.7 Å². The van der Waals surface area contributed by atoms with E-state index in [9.17, 15) is 8.78 Å². The molecule has 0 amide bonds. The van der Waals surface area contributed by atoms with Crippen LogP contribution in [0.4, 0.5) is 8.78 Å². The SMILES string of the molecule is NC1CC(c2ncc(-c3ccc(F)c(F)c3)[nH]2)C1. The van der Waals surface area contributed by atoms with Crippen molar-refractivity contribution in [2.45, 2.75) is 24.8 Å². The van der Waals surface area contributed by atoms with Gasteiger partial charge in [0.25, 0.3) is 0 Å². The third kappa shape index (κ3) is 1.90. The number of hydrogen-bond acceptors (Lipinski definition) is 2. The van der Waals surface area contributed by atoms with E-state index in [1.807, 2.05) is 0 Å². The maximum atomic E-state index is 13.1. The molecule has 0 bridgehead atoms. The van der Waals surface area contributed by atoms with Gasteiger partial charge in [-0.3, -0.25) is 0 Å². The topological polar surface area (TPSA) is 54.7 Å². The maximum absolute atomic E-state index is 13.1. The number of aromatic amines is 1. The molecule has 1 aromatic heterocycles. The average Bonchev–Trinajstić information content (AvgIpc) is 2.78. The molecule has 1 saturated carbocycles. The molecule has 1 aromatic carbocycles. The summed E-state index contributed by atoms with van der Waals surface area (Å²) < 4.78 is 26.0. The first-order valence-electron chi connectivity index (χ1n) is 5.89. The van der Waals surface area contributed by atoms with Crippen LogP contribution in [0.25, 0.3) is 11.3 Å². The van der Waals surface area contributed by atoms with E-state index in [2.05, 4.69) is 9.97 Å². The summed E-state index contributed by atoms with van der Waals surface area (Å²) in [5, 5.41) is 0. The fourth-order valence-electron chi connectivity index (χ4n) is 2.24. The summed E-state index contributed by atoms with van der Waals surface area (Å²) in [7, 11) is 0. The number of imidazole rings is 1. The van der Waals surface area contributed by atoms with Gasteiger partial charge in [-0.15, -0.1) is 0 Å². The van der Waals surface area contributed by atoms with Gasteiger partial charge in [-0.2, -0.15) is 0 Å². The van der Waals surface area contributed by atoms with Crippen molar-refractivity contribution in [1.82, 2.24) is 9.97 Å². The second-order valence-corrected chi connectivity index (χ2v) is 4.74. The van der Waals surface area contributed by atoms with Crippen LogP contribution in [0.1, 0.15) is 24.6 Å². The van der Waals surface area contributed by atoms with Crippen LogP contribution in [0, 0.1) is 11.6 Å². The number of nitrogens with one attached hydrogen (secondary N) is 1. The second kappa shape index (κ2) is 4.17. The van der Waals surface area contributed by atoms with Gasteiger partial charge >= 0.3 is 0 Å². The number of nitrogens with two attached hydrogens (primary N) is 1. The lowest BCUT2D eigenvalue weighted by Crippen LogP contribution is -2.35. The van der Waals surface area contributed by atoms with Crippen molar-refractivity contribution < 1.29 is 8.78 Å². The Labute approximate surface area is 103 Å². The molecule has 0 atom stereocenters. The standard InChI is InChI=1S/C13H13F2N3/c14-10-2-1-7(5-11(10)15)12-6-17-13(18-12)8-3-9(16)4-8/h1-2,5-6,8-9H,3-4,16H2,(H,17,18). The van der Waals surface area contributed by atoms with Gasteiger partial charge in [-0.1, -0.05) is 0 Å². The molecule has 0 aliphatic heterocycles. The number of hydrogen-bond donors (Lipinski definition) is 2. The summed E-state index contributed by atoms with van der Waals surface area (Å²) in [4.78, 5) is 7.42. The molecule has 0 unspecified atom stereocenters. The predicted octanol–water partition coefficient (Wildman–Crippen LogP) is 2.56. The lowest BCUT2D eigenvalue weighted by atomic mass is 9.80. The van der Waals surface area contributed by atoms with Crippen molar-refractivity contribution in [3.05, 3.63) is 41.9 Å². The van der Waals surface area contributed by atoms with Crippen molar-refractivity contribution in [2.75, 3.05) is 0 Å². The summed E-state index contributed by atoms with van der Waals surface area (Å²) in [6.45, 7) is 0. The van der Waals surface area contributed by atoms with E-state index in [-0.39, 0.29) is 6.04 Å². The summed E-state index contributed by atoms with van der Waals surface area (Å²) in [5.41, 5.74) is 7.02. The molecule has 18 heavy (non-hydrogen) atoms. The molecular weight excluding hydrogens is 236 g/mol. The van der Waals surface area contributed by atoms with Gasteiger partial charge in [0, 0.05) is 17.5 Å². The molecule has 3 nitrogen and oxygen atoms in total. The summed E-state index contributed by atoms with van der Waals surface area (Å²) in [6, 6.07) is 4.07. The number of benzene rings is 1. The fraction of sp³-hybridized carbons (Fsp3) is 0.308. The van der Waals surface area contributed by atoms with E-state index < -0.39 is 11.6 Å². The molecule has 5 heteroatoms.